The fourth-order valence-corrected chi connectivity index (χ4v) is 2.37. The molecular formula is C18H15NO3. The summed E-state index contributed by atoms with van der Waals surface area (Å²) in [6.45, 7) is 0. The summed E-state index contributed by atoms with van der Waals surface area (Å²) in [6, 6.07) is 17.0. The van der Waals surface area contributed by atoms with Gasteiger partial charge in [-0.15, -0.1) is 0 Å². The second-order valence-electron chi connectivity index (χ2n) is 4.80. The molecule has 3 rings (SSSR count). The average molecular weight is 293 g/mol. The van der Waals surface area contributed by atoms with Gasteiger partial charge in [-0.2, -0.15) is 0 Å². The Bertz CT molecular complexity index is 828. The molecule has 22 heavy (non-hydrogen) atoms. The molecule has 0 bridgehead atoms. The maximum atomic E-state index is 11.7. The number of esters is 1. The second-order valence-corrected chi connectivity index (χ2v) is 4.80. The highest BCUT2D eigenvalue weighted by Crippen LogP contribution is 2.30. The fourth-order valence-electron chi connectivity index (χ4n) is 2.37. The summed E-state index contributed by atoms with van der Waals surface area (Å²) in [4.78, 5) is 16.3. The fraction of sp³-hybridized carbons (Fsp3) is 0.111. The van der Waals surface area contributed by atoms with Crippen LogP contribution >= 0.6 is 0 Å². The largest absolute Gasteiger partial charge is 0.496 e. The van der Waals surface area contributed by atoms with Gasteiger partial charge in [0.15, 0.2) is 0 Å². The van der Waals surface area contributed by atoms with E-state index >= 15 is 0 Å². The Morgan fingerprint density at radius 1 is 1.00 bits per heavy atom. The molecule has 0 aliphatic rings. The highest BCUT2D eigenvalue weighted by atomic mass is 16.5. The van der Waals surface area contributed by atoms with E-state index in [1.54, 1.807) is 19.2 Å². The van der Waals surface area contributed by atoms with Crippen LogP contribution in [0.5, 0.6) is 5.75 Å². The summed E-state index contributed by atoms with van der Waals surface area (Å²) in [5, 5.41) is 0.856. The zero-order chi connectivity index (χ0) is 15.5. The molecule has 0 saturated heterocycles. The second kappa shape index (κ2) is 5.85. The summed E-state index contributed by atoms with van der Waals surface area (Å²) in [5.74, 6) is 0.341. The lowest BCUT2D eigenvalue weighted by Crippen LogP contribution is -2.01. The van der Waals surface area contributed by atoms with E-state index in [-0.39, 0.29) is 5.97 Å². The van der Waals surface area contributed by atoms with E-state index < -0.39 is 0 Å². The van der Waals surface area contributed by atoms with Gasteiger partial charge < -0.3 is 9.47 Å². The highest BCUT2D eigenvalue weighted by molar-refractivity contribution is 5.96. The van der Waals surface area contributed by atoms with Crippen LogP contribution in [-0.2, 0) is 4.74 Å². The Labute approximate surface area is 128 Å². The van der Waals surface area contributed by atoms with E-state index in [9.17, 15) is 4.79 Å². The molecule has 0 aliphatic carbocycles. The van der Waals surface area contributed by atoms with Crippen LogP contribution in [0.25, 0.3) is 22.2 Å². The van der Waals surface area contributed by atoms with E-state index in [0.29, 0.717) is 11.1 Å². The number of carbonyl (C=O) groups excluding carboxylic acids is 1. The Hall–Kier alpha value is -2.88. The van der Waals surface area contributed by atoms with Gasteiger partial charge in [0.25, 0.3) is 0 Å². The van der Waals surface area contributed by atoms with E-state index in [1.807, 2.05) is 42.5 Å². The first-order valence-electron chi connectivity index (χ1n) is 6.85. The number of carbonyl (C=O) groups is 1. The van der Waals surface area contributed by atoms with Gasteiger partial charge in [0.1, 0.15) is 5.75 Å². The molecule has 0 atom stereocenters. The number of ether oxygens (including phenoxy) is 2. The van der Waals surface area contributed by atoms with Crippen LogP contribution in [0.3, 0.4) is 0 Å². The molecule has 0 aliphatic heterocycles. The van der Waals surface area contributed by atoms with Gasteiger partial charge in [-0.1, -0.05) is 30.3 Å². The van der Waals surface area contributed by atoms with Gasteiger partial charge in [0.2, 0.25) is 0 Å². The molecule has 0 spiro atoms. The predicted octanol–water partition coefficient (Wildman–Crippen LogP) is 3.70. The number of pyridine rings is 1. The molecule has 0 fully saturated rings. The number of fused-ring (bicyclic) bond motifs is 1. The molecule has 1 heterocycles. The van der Waals surface area contributed by atoms with Gasteiger partial charge in [-0.05, 0) is 18.2 Å². The lowest BCUT2D eigenvalue weighted by atomic mass is 10.1. The summed E-state index contributed by atoms with van der Waals surface area (Å²) in [6.07, 6.45) is 0. The van der Waals surface area contributed by atoms with E-state index in [1.165, 1.54) is 7.11 Å². The number of benzene rings is 2. The minimum Gasteiger partial charge on any atom is -0.496 e. The van der Waals surface area contributed by atoms with E-state index in [4.69, 9.17) is 9.47 Å². The zero-order valence-electron chi connectivity index (χ0n) is 12.4. The van der Waals surface area contributed by atoms with Crippen molar-refractivity contribution in [1.82, 2.24) is 4.98 Å². The van der Waals surface area contributed by atoms with Crippen LogP contribution in [0.15, 0.2) is 54.6 Å². The number of hydrogen-bond acceptors (Lipinski definition) is 4. The third-order valence-electron chi connectivity index (χ3n) is 3.48. The number of aromatic nitrogens is 1. The van der Waals surface area contributed by atoms with Crippen molar-refractivity contribution in [2.24, 2.45) is 0 Å². The number of rotatable bonds is 3. The monoisotopic (exact) mass is 293 g/mol. The van der Waals surface area contributed by atoms with Crippen molar-refractivity contribution in [3.63, 3.8) is 0 Å². The maximum absolute atomic E-state index is 11.7. The van der Waals surface area contributed by atoms with Gasteiger partial charge in [0.05, 0.1) is 31.0 Å². The average Bonchev–Trinajstić information content (AvgIpc) is 2.60. The molecule has 0 radical (unpaired) electrons. The lowest BCUT2D eigenvalue weighted by Gasteiger charge is -2.10. The summed E-state index contributed by atoms with van der Waals surface area (Å²) in [7, 11) is 2.98. The number of hydrogen-bond donors (Lipinski definition) is 0. The van der Waals surface area contributed by atoms with Crippen molar-refractivity contribution in [2.75, 3.05) is 14.2 Å². The normalized spacial score (nSPS) is 10.5. The molecule has 3 aromatic rings. The van der Waals surface area contributed by atoms with Gasteiger partial charge in [-0.3, -0.25) is 0 Å². The topological polar surface area (TPSA) is 48.4 Å². The third-order valence-corrected chi connectivity index (χ3v) is 3.48. The van der Waals surface area contributed by atoms with Gasteiger partial charge in [0, 0.05) is 17.0 Å². The van der Waals surface area contributed by atoms with Crippen LogP contribution in [-0.4, -0.2) is 25.2 Å². The Morgan fingerprint density at radius 3 is 2.45 bits per heavy atom. The summed E-state index contributed by atoms with van der Waals surface area (Å²) < 4.78 is 10.2. The van der Waals surface area contributed by atoms with Crippen LogP contribution in [0.2, 0.25) is 0 Å². The van der Waals surface area contributed by atoms with Crippen molar-refractivity contribution in [2.45, 2.75) is 0 Å². The quantitative estimate of drug-likeness (QED) is 0.691. The number of methoxy groups -OCH3 is 2. The van der Waals surface area contributed by atoms with Gasteiger partial charge >= 0.3 is 5.97 Å². The Balaban J connectivity index is 2.22. The first-order valence-corrected chi connectivity index (χ1v) is 6.85. The minimum absolute atomic E-state index is 0.382. The smallest absolute Gasteiger partial charge is 0.337 e. The lowest BCUT2D eigenvalue weighted by molar-refractivity contribution is 0.0601. The zero-order valence-corrected chi connectivity index (χ0v) is 12.4. The SMILES string of the molecule is COC(=O)c1ccc2c(OC)cc(-c3ccccc3)nc2c1. The molecule has 0 N–H and O–H groups in total. The first kappa shape index (κ1) is 14.1. The summed E-state index contributed by atoms with van der Waals surface area (Å²) in [5.41, 5.74) is 2.95. The van der Waals surface area contributed by atoms with E-state index in [0.717, 1.165) is 22.4 Å². The Morgan fingerprint density at radius 2 is 1.77 bits per heavy atom. The Kier molecular flexibility index (Phi) is 3.74. The molecule has 2 aromatic carbocycles. The number of nitrogens with zero attached hydrogens (tertiary/aromatic N) is 1. The highest BCUT2D eigenvalue weighted by Gasteiger charge is 2.11. The maximum Gasteiger partial charge on any atom is 0.337 e. The van der Waals surface area contributed by atoms with Crippen LogP contribution in [0.4, 0.5) is 0 Å². The molecule has 4 nitrogen and oxygen atoms in total. The van der Waals surface area contributed by atoms with Crippen molar-refractivity contribution in [1.29, 1.82) is 0 Å². The van der Waals surface area contributed by atoms with E-state index in [2.05, 4.69) is 4.98 Å². The molecule has 1 aromatic heterocycles. The predicted molar refractivity (Wildman–Crippen MR) is 85.1 cm³/mol. The van der Waals surface area contributed by atoms with Crippen LogP contribution in [0.1, 0.15) is 10.4 Å². The summed E-state index contributed by atoms with van der Waals surface area (Å²) >= 11 is 0. The third kappa shape index (κ3) is 2.51. The van der Waals surface area contributed by atoms with Crippen molar-refractivity contribution >= 4 is 16.9 Å². The van der Waals surface area contributed by atoms with Crippen molar-refractivity contribution in [3.05, 3.63) is 60.2 Å². The first-order chi connectivity index (χ1) is 10.7. The standard InChI is InChI=1S/C18H15NO3/c1-21-17-11-15(12-6-4-3-5-7-12)19-16-10-13(18(20)22-2)8-9-14(16)17/h3-11H,1-2H3. The van der Waals surface area contributed by atoms with Gasteiger partial charge in [-0.25, -0.2) is 9.78 Å². The molecule has 0 saturated carbocycles. The van der Waals surface area contributed by atoms with Crippen molar-refractivity contribution < 1.29 is 14.3 Å². The van der Waals surface area contributed by atoms with Crippen LogP contribution in [0, 0.1) is 0 Å². The molecular weight excluding hydrogens is 278 g/mol. The molecule has 0 unspecified atom stereocenters. The molecule has 0 amide bonds. The van der Waals surface area contributed by atoms with Crippen LogP contribution < -0.4 is 4.74 Å². The molecule has 110 valence electrons. The van der Waals surface area contributed by atoms with Crippen molar-refractivity contribution in [3.8, 4) is 17.0 Å². The molecule has 4 heteroatoms. The minimum atomic E-state index is -0.382.